The number of ether oxygens (including phenoxy) is 1. The van der Waals surface area contributed by atoms with Crippen LogP contribution in [0.3, 0.4) is 0 Å². The van der Waals surface area contributed by atoms with Gasteiger partial charge in [-0.3, -0.25) is 14.2 Å². The van der Waals surface area contributed by atoms with Crippen LogP contribution in [0.25, 0.3) is 10.2 Å². The Labute approximate surface area is 208 Å². The number of hydrogen-bond acceptors (Lipinski definition) is 6. The Morgan fingerprint density at radius 2 is 2.15 bits per heavy atom. The summed E-state index contributed by atoms with van der Waals surface area (Å²) in [5, 5.41) is 4.03. The minimum atomic E-state index is -0.376. The van der Waals surface area contributed by atoms with Gasteiger partial charge in [0.1, 0.15) is 4.83 Å². The van der Waals surface area contributed by atoms with Crippen molar-refractivity contribution in [1.82, 2.24) is 14.9 Å². The van der Waals surface area contributed by atoms with E-state index >= 15 is 0 Å². The molecule has 3 aromatic rings. The van der Waals surface area contributed by atoms with Gasteiger partial charge in [-0.2, -0.15) is 0 Å². The van der Waals surface area contributed by atoms with Crippen LogP contribution < -0.4 is 10.9 Å². The van der Waals surface area contributed by atoms with Gasteiger partial charge in [0.2, 0.25) is 5.91 Å². The Hall–Kier alpha value is -2.16. The van der Waals surface area contributed by atoms with Gasteiger partial charge in [-0.25, -0.2) is 4.98 Å². The van der Waals surface area contributed by atoms with Gasteiger partial charge >= 0.3 is 0 Å². The van der Waals surface area contributed by atoms with Crippen LogP contribution in [0.15, 0.2) is 40.3 Å². The fraction of sp³-hybridized carbons (Fsp3) is 0.500. The first-order valence-electron chi connectivity index (χ1n) is 12.1. The lowest BCUT2D eigenvalue weighted by molar-refractivity contribution is -0.120. The summed E-state index contributed by atoms with van der Waals surface area (Å²) in [4.78, 5) is 33.7. The molecule has 3 unspecified atom stereocenters. The van der Waals surface area contributed by atoms with E-state index in [4.69, 9.17) is 9.72 Å². The third kappa shape index (κ3) is 4.95. The minimum absolute atomic E-state index is 0.0203. The molecule has 0 radical (unpaired) electrons. The standard InChI is InChI=1S/C26H31N3O3S2/c1-16-10-11-20-21(13-16)34-24-22(20)25(31)29(15-19-9-6-12-32-19)26(28-24)33-17(2)23(30)27-14-18-7-4-3-5-8-18/h3-5,7-8,16-17,19H,6,9-15H2,1-2H3,(H,27,30). The van der Waals surface area contributed by atoms with E-state index in [9.17, 15) is 9.59 Å². The average Bonchev–Trinajstić information content (AvgIpc) is 3.47. The van der Waals surface area contributed by atoms with E-state index in [1.54, 1.807) is 15.9 Å². The van der Waals surface area contributed by atoms with E-state index in [2.05, 4.69) is 12.2 Å². The number of benzene rings is 1. The molecule has 8 heteroatoms. The molecule has 1 aromatic carbocycles. The number of thioether (sulfide) groups is 1. The molecule has 3 heterocycles. The summed E-state index contributed by atoms with van der Waals surface area (Å²) in [5.41, 5.74) is 2.27. The third-order valence-corrected chi connectivity index (χ3v) is 8.99. The van der Waals surface area contributed by atoms with Crippen LogP contribution in [0.4, 0.5) is 0 Å². The van der Waals surface area contributed by atoms with E-state index in [1.807, 2.05) is 37.3 Å². The van der Waals surface area contributed by atoms with Crippen LogP contribution in [-0.2, 0) is 35.5 Å². The Bertz CT molecular complexity index is 1230. The van der Waals surface area contributed by atoms with Crippen molar-refractivity contribution in [2.24, 2.45) is 5.92 Å². The number of amides is 1. The second-order valence-corrected chi connectivity index (χ2v) is 11.8. The second kappa shape index (κ2) is 10.2. The molecule has 0 bridgehead atoms. The summed E-state index contributed by atoms with van der Waals surface area (Å²) in [5.74, 6) is 0.572. The fourth-order valence-corrected chi connectivity index (χ4v) is 7.15. The zero-order valence-corrected chi connectivity index (χ0v) is 21.3. The van der Waals surface area contributed by atoms with Gasteiger partial charge in [0.25, 0.3) is 5.56 Å². The highest BCUT2D eigenvalue weighted by Gasteiger charge is 2.27. The van der Waals surface area contributed by atoms with Crippen molar-refractivity contribution >= 4 is 39.2 Å². The molecule has 1 amide bonds. The summed E-state index contributed by atoms with van der Waals surface area (Å²) in [6.45, 7) is 5.85. The summed E-state index contributed by atoms with van der Waals surface area (Å²) in [7, 11) is 0. The van der Waals surface area contributed by atoms with Crippen molar-refractivity contribution in [1.29, 1.82) is 0 Å². The number of carbonyl (C=O) groups is 1. The summed E-state index contributed by atoms with van der Waals surface area (Å²) < 4.78 is 7.63. The first kappa shape index (κ1) is 23.6. The number of carbonyl (C=O) groups excluding carboxylic acids is 1. The molecule has 6 nitrogen and oxygen atoms in total. The maximum absolute atomic E-state index is 13.8. The molecule has 1 saturated heterocycles. The summed E-state index contributed by atoms with van der Waals surface area (Å²) >= 11 is 3.02. The van der Waals surface area contributed by atoms with Crippen molar-refractivity contribution < 1.29 is 9.53 Å². The number of rotatable bonds is 7. The highest BCUT2D eigenvalue weighted by atomic mass is 32.2. The van der Waals surface area contributed by atoms with E-state index in [1.165, 1.54) is 22.2 Å². The maximum Gasteiger partial charge on any atom is 0.263 e. The second-order valence-electron chi connectivity index (χ2n) is 9.44. The minimum Gasteiger partial charge on any atom is -0.376 e. The molecule has 180 valence electrons. The quantitative estimate of drug-likeness (QED) is 0.383. The predicted molar refractivity (Wildman–Crippen MR) is 138 cm³/mol. The Morgan fingerprint density at radius 1 is 1.32 bits per heavy atom. The molecule has 3 atom stereocenters. The molecule has 1 aliphatic heterocycles. The SMILES string of the molecule is CC1CCc2c(sc3nc(SC(C)C(=O)NCc4ccccc4)n(CC4CCCO4)c(=O)c23)C1. The van der Waals surface area contributed by atoms with Gasteiger partial charge in [0.05, 0.1) is 23.3 Å². The Balaban J connectivity index is 1.43. The fourth-order valence-electron chi connectivity index (χ4n) is 4.79. The van der Waals surface area contributed by atoms with E-state index in [0.717, 1.165) is 54.5 Å². The lowest BCUT2D eigenvalue weighted by atomic mass is 9.89. The van der Waals surface area contributed by atoms with Crippen molar-refractivity contribution in [3.63, 3.8) is 0 Å². The number of aryl methyl sites for hydroxylation is 1. The Kier molecular flexibility index (Phi) is 7.09. The zero-order valence-electron chi connectivity index (χ0n) is 19.7. The van der Waals surface area contributed by atoms with Crippen LogP contribution >= 0.6 is 23.1 Å². The van der Waals surface area contributed by atoms with Gasteiger partial charge in [0, 0.05) is 18.0 Å². The number of nitrogens with zero attached hydrogens (tertiary/aromatic N) is 2. The number of fused-ring (bicyclic) bond motifs is 3. The Morgan fingerprint density at radius 3 is 2.91 bits per heavy atom. The number of thiophene rings is 1. The van der Waals surface area contributed by atoms with Crippen LogP contribution in [0, 0.1) is 5.92 Å². The monoisotopic (exact) mass is 497 g/mol. The van der Waals surface area contributed by atoms with E-state index in [0.29, 0.717) is 24.2 Å². The molecule has 1 N–H and O–H groups in total. The molecular weight excluding hydrogens is 466 g/mol. The molecule has 34 heavy (non-hydrogen) atoms. The number of hydrogen-bond donors (Lipinski definition) is 1. The summed E-state index contributed by atoms with van der Waals surface area (Å²) in [6.07, 6.45) is 5.05. The maximum atomic E-state index is 13.8. The highest BCUT2D eigenvalue weighted by Crippen LogP contribution is 2.37. The van der Waals surface area contributed by atoms with Crippen LogP contribution in [0.1, 0.15) is 49.1 Å². The number of nitrogens with one attached hydrogen (secondary N) is 1. The lowest BCUT2D eigenvalue weighted by Crippen LogP contribution is -2.33. The lowest BCUT2D eigenvalue weighted by Gasteiger charge is -2.19. The first-order chi connectivity index (χ1) is 16.5. The molecule has 2 aromatic heterocycles. The van der Waals surface area contributed by atoms with Gasteiger partial charge in [-0.05, 0) is 56.1 Å². The van der Waals surface area contributed by atoms with Crippen molar-refractivity contribution in [2.45, 2.75) is 75.6 Å². The third-order valence-electron chi connectivity index (χ3n) is 6.75. The van der Waals surface area contributed by atoms with E-state index in [-0.39, 0.29) is 22.8 Å². The zero-order chi connectivity index (χ0) is 23.7. The molecule has 0 saturated carbocycles. The smallest absolute Gasteiger partial charge is 0.263 e. The summed E-state index contributed by atoms with van der Waals surface area (Å²) in [6, 6.07) is 9.87. The van der Waals surface area contributed by atoms with Crippen LogP contribution in [0.5, 0.6) is 0 Å². The molecule has 1 aliphatic carbocycles. The molecule has 0 spiro atoms. The van der Waals surface area contributed by atoms with E-state index < -0.39 is 0 Å². The largest absolute Gasteiger partial charge is 0.376 e. The molecule has 2 aliphatic rings. The normalized spacial score (nSPS) is 20.9. The van der Waals surface area contributed by atoms with Crippen molar-refractivity contribution in [3.8, 4) is 0 Å². The average molecular weight is 498 g/mol. The van der Waals surface area contributed by atoms with Gasteiger partial charge < -0.3 is 10.1 Å². The van der Waals surface area contributed by atoms with Gasteiger partial charge in [-0.15, -0.1) is 11.3 Å². The predicted octanol–water partition coefficient (Wildman–Crippen LogP) is 4.56. The van der Waals surface area contributed by atoms with Gasteiger partial charge in [-0.1, -0.05) is 49.0 Å². The molecular formula is C26H31N3O3S2. The first-order valence-corrected chi connectivity index (χ1v) is 13.8. The van der Waals surface area contributed by atoms with Gasteiger partial charge in [0.15, 0.2) is 5.16 Å². The highest BCUT2D eigenvalue weighted by molar-refractivity contribution is 8.00. The van der Waals surface area contributed by atoms with Crippen LogP contribution in [0.2, 0.25) is 0 Å². The molecule has 1 fully saturated rings. The van der Waals surface area contributed by atoms with Crippen molar-refractivity contribution in [2.75, 3.05) is 6.61 Å². The number of aromatic nitrogens is 2. The van der Waals surface area contributed by atoms with Crippen LogP contribution in [-0.4, -0.2) is 33.4 Å². The van der Waals surface area contributed by atoms with Crippen molar-refractivity contribution in [3.05, 3.63) is 56.7 Å². The topological polar surface area (TPSA) is 73.2 Å². The molecule has 5 rings (SSSR count).